The number of hydrogen-bond acceptors (Lipinski definition) is 2. The molecule has 0 radical (unpaired) electrons. The maximum atomic E-state index is 12.1. The van der Waals surface area contributed by atoms with Gasteiger partial charge in [-0.25, -0.2) is 8.42 Å². The molecule has 102 valence electrons. The molecule has 0 aromatic heterocycles. The van der Waals surface area contributed by atoms with Crippen molar-refractivity contribution >= 4 is 9.84 Å². The predicted molar refractivity (Wildman–Crippen MR) is 77.5 cm³/mol. The third kappa shape index (κ3) is 2.68. The number of sulfone groups is 1. The lowest BCUT2D eigenvalue weighted by Crippen LogP contribution is -2.35. The summed E-state index contributed by atoms with van der Waals surface area (Å²) in [4.78, 5) is 0.330. The molecule has 0 N–H and O–H groups in total. The summed E-state index contributed by atoms with van der Waals surface area (Å²) in [6.07, 6.45) is 0.937. The van der Waals surface area contributed by atoms with Gasteiger partial charge in [0.15, 0.2) is 0 Å². The Balaban J connectivity index is 2.33. The quantitative estimate of drug-likeness (QED) is 0.768. The first-order valence-corrected chi connectivity index (χ1v) is 8.06. The zero-order valence-corrected chi connectivity index (χ0v) is 12.7. The van der Waals surface area contributed by atoms with Gasteiger partial charge in [0.1, 0.15) is 0 Å². The van der Waals surface area contributed by atoms with Crippen molar-refractivity contribution in [3.63, 3.8) is 0 Å². The summed E-state index contributed by atoms with van der Waals surface area (Å²) >= 11 is 0. The lowest BCUT2D eigenvalue weighted by Gasteiger charge is -2.44. The molecule has 1 atom stereocenters. The molecule has 1 aliphatic rings. The van der Waals surface area contributed by atoms with Crippen LogP contribution in [-0.2, 0) is 9.84 Å². The van der Waals surface area contributed by atoms with E-state index >= 15 is 0 Å². The van der Waals surface area contributed by atoms with Gasteiger partial charge in [0.05, 0.1) is 10.3 Å². The second kappa shape index (κ2) is 4.66. The first-order chi connectivity index (χ1) is 8.73. The van der Waals surface area contributed by atoms with Crippen molar-refractivity contribution in [1.29, 1.82) is 0 Å². The molecule has 1 aromatic carbocycles. The Kier molecular flexibility index (Phi) is 3.46. The molecule has 0 aliphatic heterocycles. The lowest BCUT2D eigenvalue weighted by atomic mass is 9.60. The molecular formula is C16H20O2S. The minimum atomic E-state index is -3.37. The molecule has 0 bridgehead atoms. The first-order valence-electron chi connectivity index (χ1n) is 6.51. The van der Waals surface area contributed by atoms with Crippen molar-refractivity contribution in [2.45, 2.75) is 39.0 Å². The molecule has 1 unspecified atom stereocenters. The smallest absolute Gasteiger partial charge is 0.207 e. The fraction of sp³-hybridized carbons (Fsp3) is 0.438. The summed E-state index contributed by atoms with van der Waals surface area (Å²) in [6.45, 7) is 8.39. The van der Waals surface area contributed by atoms with E-state index in [4.69, 9.17) is 0 Å². The van der Waals surface area contributed by atoms with Crippen molar-refractivity contribution in [2.75, 3.05) is 0 Å². The summed E-state index contributed by atoms with van der Waals surface area (Å²) in [7, 11) is -3.37. The number of benzene rings is 1. The second-order valence-electron chi connectivity index (χ2n) is 5.93. The van der Waals surface area contributed by atoms with Gasteiger partial charge in [-0.15, -0.1) is 5.73 Å². The minimum absolute atomic E-state index is 0.0687. The highest BCUT2D eigenvalue weighted by Crippen LogP contribution is 2.49. The first kappa shape index (κ1) is 14.1. The van der Waals surface area contributed by atoms with Crippen LogP contribution in [0.1, 0.15) is 32.8 Å². The van der Waals surface area contributed by atoms with Crippen LogP contribution in [0, 0.1) is 18.3 Å². The fourth-order valence-corrected chi connectivity index (χ4v) is 3.13. The van der Waals surface area contributed by atoms with E-state index < -0.39 is 9.84 Å². The van der Waals surface area contributed by atoms with E-state index in [-0.39, 0.29) is 5.41 Å². The van der Waals surface area contributed by atoms with Crippen LogP contribution in [0.2, 0.25) is 0 Å². The van der Waals surface area contributed by atoms with Crippen LogP contribution in [0.3, 0.4) is 0 Å². The van der Waals surface area contributed by atoms with Crippen molar-refractivity contribution in [1.82, 2.24) is 0 Å². The molecule has 1 aromatic rings. The highest BCUT2D eigenvalue weighted by atomic mass is 32.2. The van der Waals surface area contributed by atoms with E-state index in [0.29, 0.717) is 10.8 Å². The minimum Gasteiger partial charge on any atom is -0.218 e. The van der Waals surface area contributed by atoms with E-state index in [2.05, 4.69) is 26.5 Å². The molecule has 0 saturated heterocycles. The Morgan fingerprint density at radius 3 is 2.32 bits per heavy atom. The standard InChI is InChI=1S/C16H20O2S/c1-12-5-7-15(8-6-12)19(17,18)10-9-14-11-13(2)16(14,3)4/h5-8,10,13H,11H2,1-4H3. The van der Waals surface area contributed by atoms with Crippen LogP contribution in [0.15, 0.2) is 45.9 Å². The van der Waals surface area contributed by atoms with Gasteiger partial charge in [-0.1, -0.05) is 38.5 Å². The summed E-state index contributed by atoms with van der Waals surface area (Å²) < 4.78 is 24.3. The molecule has 1 fully saturated rings. The van der Waals surface area contributed by atoms with Gasteiger partial charge in [-0.3, -0.25) is 0 Å². The molecule has 2 nitrogen and oxygen atoms in total. The maximum Gasteiger partial charge on any atom is 0.207 e. The Morgan fingerprint density at radius 1 is 1.26 bits per heavy atom. The fourth-order valence-electron chi connectivity index (χ4n) is 2.18. The Labute approximate surface area is 115 Å². The third-order valence-electron chi connectivity index (χ3n) is 4.26. The molecule has 0 amide bonds. The Bertz CT molecular complexity index is 642. The Hall–Kier alpha value is -1.31. The van der Waals surface area contributed by atoms with Crippen molar-refractivity contribution in [3.8, 4) is 0 Å². The molecular weight excluding hydrogens is 256 g/mol. The molecule has 1 aliphatic carbocycles. The molecule has 3 heteroatoms. The SMILES string of the molecule is Cc1ccc(S(=O)(=O)C=C=C2CC(C)C2(C)C)cc1. The average molecular weight is 276 g/mol. The number of aryl methyl sites for hydroxylation is 1. The molecule has 2 rings (SSSR count). The topological polar surface area (TPSA) is 34.1 Å². The average Bonchev–Trinajstić information content (AvgIpc) is 2.34. The van der Waals surface area contributed by atoms with Crippen LogP contribution in [-0.4, -0.2) is 8.42 Å². The van der Waals surface area contributed by atoms with Crippen molar-refractivity contribution in [2.24, 2.45) is 11.3 Å². The van der Waals surface area contributed by atoms with E-state index in [9.17, 15) is 8.42 Å². The Morgan fingerprint density at radius 2 is 1.84 bits per heavy atom. The van der Waals surface area contributed by atoms with Crippen LogP contribution < -0.4 is 0 Å². The van der Waals surface area contributed by atoms with Gasteiger partial charge in [-0.2, -0.15) is 0 Å². The number of hydrogen-bond donors (Lipinski definition) is 0. The molecule has 1 saturated carbocycles. The van der Waals surface area contributed by atoms with Crippen molar-refractivity contribution < 1.29 is 8.42 Å². The maximum absolute atomic E-state index is 12.1. The van der Waals surface area contributed by atoms with Crippen LogP contribution in [0.4, 0.5) is 0 Å². The summed E-state index contributed by atoms with van der Waals surface area (Å²) in [5.41, 5.74) is 5.21. The van der Waals surface area contributed by atoms with Crippen molar-refractivity contribution in [3.05, 3.63) is 46.5 Å². The van der Waals surface area contributed by atoms with Gasteiger partial charge in [-0.05, 0) is 42.4 Å². The highest BCUT2D eigenvalue weighted by Gasteiger charge is 2.40. The van der Waals surface area contributed by atoms with Crippen LogP contribution >= 0.6 is 0 Å². The van der Waals surface area contributed by atoms with Gasteiger partial charge in [0.25, 0.3) is 0 Å². The second-order valence-corrected chi connectivity index (χ2v) is 7.72. The van der Waals surface area contributed by atoms with Crippen LogP contribution in [0.25, 0.3) is 0 Å². The van der Waals surface area contributed by atoms with Crippen LogP contribution in [0.5, 0.6) is 0 Å². The molecule has 19 heavy (non-hydrogen) atoms. The number of rotatable bonds is 2. The summed E-state index contributed by atoms with van der Waals surface area (Å²) in [6, 6.07) is 6.90. The zero-order chi connectivity index (χ0) is 14.3. The van der Waals surface area contributed by atoms with Gasteiger partial charge < -0.3 is 0 Å². The number of allylic oxidation sites excluding steroid dienone is 1. The monoisotopic (exact) mass is 276 g/mol. The van der Waals surface area contributed by atoms with E-state index in [1.807, 2.05) is 19.1 Å². The molecule has 0 spiro atoms. The summed E-state index contributed by atoms with van der Waals surface area (Å²) in [5, 5.41) is 1.22. The van der Waals surface area contributed by atoms with Gasteiger partial charge in [0.2, 0.25) is 9.84 Å². The summed E-state index contributed by atoms with van der Waals surface area (Å²) in [5.74, 6) is 0.588. The highest BCUT2D eigenvalue weighted by molar-refractivity contribution is 7.94. The lowest BCUT2D eigenvalue weighted by molar-refractivity contribution is 0.187. The van der Waals surface area contributed by atoms with E-state index in [1.165, 1.54) is 5.41 Å². The van der Waals surface area contributed by atoms with Gasteiger partial charge in [0, 0.05) is 0 Å². The zero-order valence-electron chi connectivity index (χ0n) is 11.9. The molecule has 0 heterocycles. The largest absolute Gasteiger partial charge is 0.218 e. The normalized spacial score (nSPS) is 21.5. The van der Waals surface area contributed by atoms with E-state index in [0.717, 1.165) is 17.6 Å². The third-order valence-corrected chi connectivity index (χ3v) is 5.62. The van der Waals surface area contributed by atoms with E-state index in [1.54, 1.807) is 12.1 Å². The predicted octanol–water partition coefficient (Wildman–Crippen LogP) is 3.87. The van der Waals surface area contributed by atoms with Gasteiger partial charge >= 0.3 is 0 Å².